The fourth-order valence-corrected chi connectivity index (χ4v) is 3.60. The first-order valence-electron chi connectivity index (χ1n) is 8.98. The van der Waals surface area contributed by atoms with Crippen molar-refractivity contribution in [2.24, 2.45) is 5.92 Å². The normalized spacial score (nSPS) is 18.2. The molecule has 126 valence electrons. The van der Waals surface area contributed by atoms with Gasteiger partial charge in [0.2, 0.25) is 5.91 Å². The number of anilines is 1. The van der Waals surface area contributed by atoms with E-state index < -0.39 is 0 Å². The van der Waals surface area contributed by atoms with E-state index in [2.05, 4.69) is 21.4 Å². The van der Waals surface area contributed by atoms with Crippen LogP contribution in [0.2, 0.25) is 0 Å². The molecule has 0 aliphatic carbocycles. The van der Waals surface area contributed by atoms with Crippen LogP contribution >= 0.6 is 0 Å². The van der Waals surface area contributed by atoms with Gasteiger partial charge in [0.05, 0.1) is 5.69 Å². The number of rotatable bonds is 3. The summed E-state index contributed by atoms with van der Waals surface area (Å²) in [5, 5.41) is 6.34. The molecule has 0 bridgehead atoms. The van der Waals surface area contributed by atoms with Gasteiger partial charge in [-0.25, -0.2) is 4.98 Å². The van der Waals surface area contributed by atoms with Crippen LogP contribution in [0.1, 0.15) is 31.5 Å². The third-order valence-electron chi connectivity index (χ3n) is 5.07. The molecule has 0 unspecified atom stereocenters. The first-order valence-corrected chi connectivity index (χ1v) is 8.98. The molecular weight excluding hydrogens is 300 g/mol. The molecule has 1 aromatic heterocycles. The summed E-state index contributed by atoms with van der Waals surface area (Å²) in [5.74, 6) is 1.46. The molecule has 1 amide bonds. The van der Waals surface area contributed by atoms with Gasteiger partial charge in [-0.3, -0.25) is 4.79 Å². The lowest BCUT2D eigenvalue weighted by atomic mass is 9.97. The molecule has 5 nitrogen and oxygen atoms in total. The van der Waals surface area contributed by atoms with Gasteiger partial charge in [-0.1, -0.05) is 12.1 Å². The Morgan fingerprint density at radius 3 is 2.71 bits per heavy atom. The average molecular weight is 324 g/mol. The number of piperidine rings is 1. The number of amides is 1. The maximum Gasteiger partial charge on any atom is 0.227 e. The van der Waals surface area contributed by atoms with Crippen molar-refractivity contribution in [1.82, 2.24) is 14.9 Å². The minimum absolute atomic E-state index is 0.130. The number of nitrogens with one attached hydrogen (secondary N) is 2. The fourth-order valence-electron chi connectivity index (χ4n) is 3.60. The summed E-state index contributed by atoms with van der Waals surface area (Å²) < 4.78 is 2.27. The van der Waals surface area contributed by atoms with E-state index in [1.165, 1.54) is 18.7 Å². The second kappa shape index (κ2) is 6.77. The first-order chi connectivity index (χ1) is 11.8. The molecule has 4 rings (SSSR count). The zero-order chi connectivity index (χ0) is 16.4. The smallest absolute Gasteiger partial charge is 0.227 e. The van der Waals surface area contributed by atoms with Crippen LogP contribution in [0.4, 0.5) is 5.69 Å². The fraction of sp³-hybridized carbons (Fsp3) is 0.474. The monoisotopic (exact) mass is 324 g/mol. The number of benzene rings is 1. The maximum atomic E-state index is 12.3. The van der Waals surface area contributed by atoms with Gasteiger partial charge in [-0.2, -0.15) is 0 Å². The highest BCUT2D eigenvalue weighted by atomic mass is 16.1. The SMILES string of the molecule is O=C(Nc1ccc(-c2cn3c(n2)CCCC3)cc1)C1CCNCC1. The predicted octanol–water partition coefficient (Wildman–Crippen LogP) is 2.82. The van der Waals surface area contributed by atoms with Crippen molar-refractivity contribution in [3.05, 3.63) is 36.3 Å². The van der Waals surface area contributed by atoms with Gasteiger partial charge in [0.25, 0.3) is 0 Å². The maximum absolute atomic E-state index is 12.3. The molecule has 1 fully saturated rings. The summed E-state index contributed by atoms with van der Waals surface area (Å²) >= 11 is 0. The lowest BCUT2D eigenvalue weighted by molar-refractivity contribution is -0.120. The quantitative estimate of drug-likeness (QED) is 0.913. The van der Waals surface area contributed by atoms with Crippen molar-refractivity contribution >= 4 is 11.6 Å². The Hall–Kier alpha value is -2.14. The summed E-state index contributed by atoms with van der Waals surface area (Å²) in [6, 6.07) is 8.05. The van der Waals surface area contributed by atoms with E-state index >= 15 is 0 Å². The number of imidazole rings is 1. The van der Waals surface area contributed by atoms with Gasteiger partial charge >= 0.3 is 0 Å². The second-order valence-electron chi connectivity index (χ2n) is 6.78. The molecule has 5 heteroatoms. The number of nitrogens with zero attached hydrogens (tertiary/aromatic N) is 2. The van der Waals surface area contributed by atoms with Gasteiger partial charge in [0.15, 0.2) is 0 Å². The number of hydrogen-bond donors (Lipinski definition) is 2. The van der Waals surface area contributed by atoms with E-state index in [0.717, 1.165) is 55.8 Å². The molecule has 0 spiro atoms. The lowest BCUT2D eigenvalue weighted by Gasteiger charge is -2.21. The van der Waals surface area contributed by atoms with Crippen LogP contribution in [0.15, 0.2) is 30.5 Å². The van der Waals surface area contributed by atoms with E-state index in [0.29, 0.717) is 0 Å². The van der Waals surface area contributed by atoms with Gasteiger partial charge < -0.3 is 15.2 Å². The first kappa shape index (κ1) is 15.4. The zero-order valence-corrected chi connectivity index (χ0v) is 13.9. The summed E-state index contributed by atoms with van der Waals surface area (Å²) in [6.45, 7) is 2.94. The predicted molar refractivity (Wildman–Crippen MR) is 94.8 cm³/mol. The van der Waals surface area contributed by atoms with Crippen LogP contribution in [-0.2, 0) is 17.8 Å². The molecule has 1 aromatic carbocycles. The Morgan fingerprint density at radius 1 is 1.17 bits per heavy atom. The van der Waals surface area contributed by atoms with Crippen molar-refractivity contribution < 1.29 is 4.79 Å². The largest absolute Gasteiger partial charge is 0.334 e. The molecule has 0 radical (unpaired) electrons. The Balaban J connectivity index is 1.44. The van der Waals surface area contributed by atoms with E-state index in [4.69, 9.17) is 4.98 Å². The molecular formula is C19H24N4O. The van der Waals surface area contributed by atoms with E-state index in [1.54, 1.807) is 0 Å². The molecule has 2 aliphatic rings. The number of hydrogen-bond acceptors (Lipinski definition) is 3. The van der Waals surface area contributed by atoms with Crippen molar-refractivity contribution in [3.8, 4) is 11.3 Å². The highest BCUT2D eigenvalue weighted by molar-refractivity contribution is 5.92. The number of fused-ring (bicyclic) bond motifs is 1. The number of carbonyl (C=O) groups excluding carboxylic acids is 1. The van der Waals surface area contributed by atoms with Gasteiger partial charge in [-0.05, 0) is 50.9 Å². The minimum atomic E-state index is 0.130. The van der Waals surface area contributed by atoms with Crippen LogP contribution < -0.4 is 10.6 Å². The third kappa shape index (κ3) is 3.22. The Kier molecular flexibility index (Phi) is 4.34. The van der Waals surface area contributed by atoms with E-state index in [1.807, 2.05) is 24.3 Å². The molecule has 3 heterocycles. The zero-order valence-electron chi connectivity index (χ0n) is 13.9. The topological polar surface area (TPSA) is 59.0 Å². The average Bonchev–Trinajstić information content (AvgIpc) is 3.07. The number of aromatic nitrogens is 2. The van der Waals surface area contributed by atoms with Gasteiger partial charge in [-0.15, -0.1) is 0 Å². The summed E-state index contributed by atoms with van der Waals surface area (Å²) in [6.07, 6.45) is 7.54. The van der Waals surface area contributed by atoms with Crippen LogP contribution in [0.25, 0.3) is 11.3 Å². The van der Waals surface area contributed by atoms with Crippen molar-refractivity contribution in [3.63, 3.8) is 0 Å². The minimum Gasteiger partial charge on any atom is -0.334 e. The van der Waals surface area contributed by atoms with Crippen molar-refractivity contribution in [2.45, 2.75) is 38.6 Å². The Bertz CT molecular complexity index is 690. The van der Waals surface area contributed by atoms with Gasteiger partial charge in [0.1, 0.15) is 5.82 Å². The lowest BCUT2D eigenvalue weighted by Crippen LogP contribution is -2.34. The highest BCUT2D eigenvalue weighted by Crippen LogP contribution is 2.24. The number of carbonyl (C=O) groups is 1. The molecule has 2 N–H and O–H groups in total. The van der Waals surface area contributed by atoms with E-state index in [9.17, 15) is 4.79 Å². The summed E-state index contributed by atoms with van der Waals surface area (Å²) in [7, 11) is 0. The van der Waals surface area contributed by atoms with Crippen LogP contribution in [-0.4, -0.2) is 28.5 Å². The number of aryl methyl sites for hydroxylation is 2. The highest BCUT2D eigenvalue weighted by Gasteiger charge is 2.21. The van der Waals surface area contributed by atoms with Crippen molar-refractivity contribution in [2.75, 3.05) is 18.4 Å². The molecule has 0 atom stereocenters. The van der Waals surface area contributed by atoms with Crippen LogP contribution in [0.3, 0.4) is 0 Å². The standard InChI is InChI=1S/C19H24N4O/c24-19(15-8-10-20-11-9-15)21-16-6-4-14(5-7-16)17-13-23-12-2-1-3-18(23)22-17/h4-7,13,15,20H,1-3,8-12H2,(H,21,24). The molecule has 24 heavy (non-hydrogen) atoms. The molecule has 1 saturated heterocycles. The Labute approximate surface area is 142 Å². The third-order valence-corrected chi connectivity index (χ3v) is 5.07. The molecule has 2 aliphatic heterocycles. The molecule has 0 saturated carbocycles. The Morgan fingerprint density at radius 2 is 1.96 bits per heavy atom. The summed E-state index contributed by atoms with van der Waals surface area (Å²) in [5.41, 5.74) is 3.01. The van der Waals surface area contributed by atoms with E-state index in [-0.39, 0.29) is 11.8 Å². The van der Waals surface area contributed by atoms with Crippen LogP contribution in [0.5, 0.6) is 0 Å². The summed E-state index contributed by atoms with van der Waals surface area (Å²) in [4.78, 5) is 17.1. The molecule has 2 aromatic rings. The second-order valence-corrected chi connectivity index (χ2v) is 6.78. The van der Waals surface area contributed by atoms with Crippen molar-refractivity contribution in [1.29, 1.82) is 0 Å². The van der Waals surface area contributed by atoms with Crippen LogP contribution in [0, 0.1) is 5.92 Å². The van der Waals surface area contributed by atoms with Gasteiger partial charge in [0, 0.05) is 36.3 Å².